The van der Waals surface area contributed by atoms with E-state index in [4.69, 9.17) is 0 Å². The van der Waals surface area contributed by atoms with E-state index in [9.17, 15) is 31.5 Å². The first kappa shape index (κ1) is 29.2. The number of carbonyl (C=O) groups excluding carboxylic acids is 2. The van der Waals surface area contributed by atoms with Gasteiger partial charge in [-0.15, -0.1) is 0 Å². The summed E-state index contributed by atoms with van der Waals surface area (Å²) in [6, 6.07) is 4.89. The molecule has 2 amide bonds. The molecule has 1 unspecified atom stereocenters. The van der Waals surface area contributed by atoms with E-state index in [-0.39, 0.29) is 29.8 Å². The Morgan fingerprint density at radius 3 is 2.28 bits per heavy atom. The van der Waals surface area contributed by atoms with E-state index >= 15 is 0 Å². The summed E-state index contributed by atoms with van der Waals surface area (Å²) >= 11 is 0. The lowest BCUT2D eigenvalue weighted by atomic mass is 9.96. The zero-order valence-electron chi connectivity index (χ0n) is 20.4. The number of benzene rings is 1. The van der Waals surface area contributed by atoms with E-state index < -0.39 is 42.2 Å². The Kier molecular flexibility index (Phi) is 10.8. The van der Waals surface area contributed by atoms with Crippen LogP contribution in [0, 0.1) is 11.6 Å². The summed E-state index contributed by atoms with van der Waals surface area (Å²) in [7, 11) is 0. The number of anilines is 1. The number of alkyl halides is 3. The molecular weight excluding hydrogens is 483 g/mol. The molecule has 1 heterocycles. The van der Waals surface area contributed by atoms with Gasteiger partial charge in [-0.2, -0.15) is 13.2 Å². The van der Waals surface area contributed by atoms with Crippen LogP contribution in [0.25, 0.3) is 0 Å². The minimum Gasteiger partial charge on any atom is -0.344 e. The molecule has 0 saturated carbocycles. The highest BCUT2D eigenvalue weighted by atomic mass is 19.4. The van der Waals surface area contributed by atoms with Crippen molar-refractivity contribution in [3.05, 3.63) is 59.3 Å². The monoisotopic (exact) mass is 514 g/mol. The maximum atomic E-state index is 13.4. The summed E-state index contributed by atoms with van der Waals surface area (Å²) in [5, 5.41) is 7.67. The van der Waals surface area contributed by atoms with Crippen LogP contribution in [0.1, 0.15) is 57.1 Å². The Hall–Kier alpha value is -3.08. The third kappa shape index (κ3) is 10.3. The fourth-order valence-electron chi connectivity index (χ4n) is 3.73. The molecule has 0 radical (unpaired) electrons. The number of pyridine rings is 1. The molecule has 0 saturated heterocycles. The van der Waals surface area contributed by atoms with Gasteiger partial charge < -0.3 is 16.0 Å². The molecule has 36 heavy (non-hydrogen) atoms. The molecule has 0 aliphatic heterocycles. The van der Waals surface area contributed by atoms with Gasteiger partial charge in [-0.3, -0.25) is 9.59 Å². The van der Waals surface area contributed by atoms with E-state index in [1.165, 1.54) is 0 Å². The van der Waals surface area contributed by atoms with E-state index in [1.54, 1.807) is 25.3 Å². The number of rotatable bonds is 12. The average Bonchev–Trinajstić information content (AvgIpc) is 2.76. The van der Waals surface area contributed by atoms with Gasteiger partial charge in [0.05, 0.1) is 13.0 Å². The predicted molar refractivity (Wildman–Crippen MR) is 126 cm³/mol. The molecular formula is C25H31F5N4O2. The Morgan fingerprint density at radius 1 is 1.06 bits per heavy atom. The van der Waals surface area contributed by atoms with Gasteiger partial charge in [-0.25, -0.2) is 13.8 Å². The Labute approximate surface area is 207 Å². The molecule has 0 spiro atoms. The highest BCUT2D eigenvalue weighted by Crippen LogP contribution is 2.22. The first-order valence-electron chi connectivity index (χ1n) is 11.7. The Morgan fingerprint density at radius 2 is 1.72 bits per heavy atom. The van der Waals surface area contributed by atoms with Gasteiger partial charge in [0.15, 0.2) is 0 Å². The molecule has 3 atom stereocenters. The summed E-state index contributed by atoms with van der Waals surface area (Å²) in [6.07, 6.45) is -1.62. The lowest BCUT2D eigenvalue weighted by Crippen LogP contribution is -2.44. The number of hydrogen-bond donors (Lipinski definition) is 3. The number of nitrogens with one attached hydrogen (secondary N) is 3. The normalized spacial score (nSPS) is 14.1. The maximum absolute atomic E-state index is 13.4. The van der Waals surface area contributed by atoms with Crippen LogP contribution in [0.4, 0.5) is 27.8 Å². The van der Waals surface area contributed by atoms with Crippen LogP contribution in [-0.2, 0) is 16.0 Å². The van der Waals surface area contributed by atoms with Gasteiger partial charge >= 0.3 is 6.18 Å². The minimum absolute atomic E-state index is 0.0715. The number of carbonyl (C=O) groups is 2. The molecule has 1 aromatic carbocycles. The zero-order chi connectivity index (χ0) is 26.9. The first-order valence-corrected chi connectivity index (χ1v) is 11.7. The van der Waals surface area contributed by atoms with Crippen LogP contribution in [0.3, 0.4) is 0 Å². The van der Waals surface area contributed by atoms with Crippen LogP contribution in [0.5, 0.6) is 0 Å². The molecule has 3 N–H and O–H groups in total. The molecule has 0 aliphatic carbocycles. The van der Waals surface area contributed by atoms with Gasteiger partial charge in [0.25, 0.3) is 0 Å². The Bertz CT molecular complexity index is 994. The average molecular weight is 515 g/mol. The van der Waals surface area contributed by atoms with Crippen LogP contribution >= 0.6 is 0 Å². The summed E-state index contributed by atoms with van der Waals surface area (Å²) in [4.78, 5) is 29.3. The number of nitrogens with zero attached hydrogens (tertiary/aromatic N) is 1. The number of halogens is 5. The van der Waals surface area contributed by atoms with Crippen LogP contribution in [-0.4, -0.2) is 41.6 Å². The highest BCUT2D eigenvalue weighted by molar-refractivity contribution is 5.96. The van der Waals surface area contributed by atoms with Crippen molar-refractivity contribution in [2.45, 2.75) is 70.6 Å². The van der Waals surface area contributed by atoms with Crippen molar-refractivity contribution in [2.75, 3.05) is 11.9 Å². The largest absolute Gasteiger partial charge is 0.401 e. The molecule has 198 valence electrons. The second kappa shape index (κ2) is 13.3. The summed E-state index contributed by atoms with van der Waals surface area (Å²) in [5.41, 5.74) is 0.948. The predicted octanol–water partition coefficient (Wildman–Crippen LogP) is 4.86. The molecule has 2 aromatic rings. The second-order valence-corrected chi connectivity index (χ2v) is 8.86. The van der Waals surface area contributed by atoms with Crippen molar-refractivity contribution in [3.63, 3.8) is 0 Å². The fourth-order valence-corrected chi connectivity index (χ4v) is 3.73. The van der Waals surface area contributed by atoms with Gasteiger partial charge in [-0.1, -0.05) is 26.3 Å². The zero-order valence-corrected chi connectivity index (χ0v) is 20.4. The standard InChI is InChI=1S/C25H31F5N4O2/c1-4-5-21(33-23(35)11-17-9-19(26)12-20(27)10-17)24(36)34-22-7-6-18(13-31-22)15(2)8-16(3)32-14-25(28,29)30/h6-7,9-10,12-13,15-16,21,32H,4-5,8,11,14H2,1-3H3,(H,33,35)(H,31,34,36)/t15-,16-,21?/m0/s1. The van der Waals surface area contributed by atoms with E-state index in [1.807, 2.05) is 13.8 Å². The van der Waals surface area contributed by atoms with Crippen LogP contribution < -0.4 is 16.0 Å². The number of amides is 2. The summed E-state index contributed by atoms with van der Waals surface area (Å²) in [5.74, 6) is -2.46. The van der Waals surface area contributed by atoms with Gasteiger partial charge in [-0.05, 0) is 55.0 Å². The molecule has 2 rings (SSSR count). The lowest BCUT2D eigenvalue weighted by molar-refractivity contribution is -0.126. The molecule has 0 fully saturated rings. The van der Waals surface area contributed by atoms with E-state index in [2.05, 4.69) is 20.9 Å². The lowest BCUT2D eigenvalue weighted by Gasteiger charge is -2.20. The van der Waals surface area contributed by atoms with Gasteiger partial charge in [0.2, 0.25) is 11.8 Å². The third-order valence-corrected chi connectivity index (χ3v) is 5.48. The summed E-state index contributed by atoms with van der Waals surface area (Å²) < 4.78 is 63.8. The van der Waals surface area contributed by atoms with Gasteiger partial charge in [0, 0.05) is 18.3 Å². The molecule has 11 heteroatoms. The first-order chi connectivity index (χ1) is 16.9. The molecule has 0 bridgehead atoms. The fraction of sp³-hybridized carbons (Fsp3) is 0.480. The van der Waals surface area contributed by atoms with E-state index in [0.717, 1.165) is 17.7 Å². The van der Waals surface area contributed by atoms with Crippen LogP contribution in [0.2, 0.25) is 0 Å². The SMILES string of the molecule is CCCC(NC(=O)Cc1cc(F)cc(F)c1)C(=O)Nc1ccc([C@@H](C)C[C@H](C)NCC(F)(F)F)cn1. The van der Waals surface area contributed by atoms with Crippen molar-refractivity contribution in [3.8, 4) is 0 Å². The molecule has 0 aliphatic rings. The smallest absolute Gasteiger partial charge is 0.344 e. The van der Waals surface area contributed by atoms with E-state index in [0.29, 0.717) is 25.3 Å². The molecule has 6 nitrogen and oxygen atoms in total. The highest BCUT2D eigenvalue weighted by Gasteiger charge is 2.27. The van der Waals surface area contributed by atoms with Crippen molar-refractivity contribution in [2.24, 2.45) is 0 Å². The third-order valence-electron chi connectivity index (χ3n) is 5.48. The summed E-state index contributed by atoms with van der Waals surface area (Å²) in [6.45, 7) is 4.33. The second-order valence-electron chi connectivity index (χ2n) is 8.86. The Balaban J connectivity index is 1.93. The van der Waals surface area contributed by atoms with Crippen LogP contribution in [0.15, 0.2) is 36.5 Å². The number of hydrogen-bond acceptors (Lipinski definition) is 4. The molecule has 1 aromatic heterocycles. The number of aromatic nitrogens is 1. The van der Waals surface area contributed by atoms with Gasteiger partial charge in [0.1, 0.15) is 23.5 Å². The van der Waals surface area contributed by atoms with Crippen molar-refractivity contribution in [1.29, 1.82) is 0 Å². The van der Waals surface area contributed by atoms with Crippen molar-refractivity contribution >= 4 is 17.6 Å². The topological polar surface area (TPSA) is 83.1 Å². The maximum Gasteiger partial charge on any atom is 0.401 e. The quantitative estimate of drug-likeness (QED) is 0.354. The van der Waals surface area contributed by atoms with Crippen molar-refractivity contribution < 1.29 is 31.5 Å². The van der Waals surface area contributed by atoms with Crippen molar-refractivity contribution in [1.82, 2.24) is 15.6 Å². The minimum atomic E-state index is -4.27.